The van der Waals surface area contributed by atoms with Crippen molar-refractivity contribution in [3.05, 3.63) is 72.8 Å². The minimum Gasteiger partial charge on any atom is -0.457 e. The van der Waals surface area contributed by atoms with Gasteiger partial charge in [0.2, 0.25) is 0 Å². The third-order valence-electron chi connectivity index (χ3n) is 3.67. The first-order valence-electron chi connectivity index (χ1n) is 7.75. The topological polar surface area (TPSA) is 22.1 Å². The number of hydrogen-bond acceptors (Lipinski definition) is 2. The van der Waals surface area contributed by atoms with Crippen molar-refractivity contribution in [1.29, 1.82) is 0 Å². The maximum atomic E-state index is 6.10. The van der Waals surface area contributed by atoms with Crippen molar-refractivity contribution in [1.82, 2.24) is 4.98 Å². The van der Waals surface area contributed by atoms with E-state index in [0.29, 0.717) is 0 Å². The van der Waals surface area contributed by atoms with E-state index >= 15 is 0 Å². The number of benzene rings is 2. The molecule has 111 valence electrons. The van der Waals surface area contributed by atoms with Crippen LogP contribution in [0, 0.1) is 6.92 Å². The van der Waals surface area contributed by atoms with Crippen LogP contribution in [0.15, 0.2) is 54.6 Å². The van der Waals surface area contributed by atoms with Gasteiger partial charge in [-0.05, 0) is 49.6 Å². The maximum Gasteiger partial charge on any atom is 0.138 e. The van der Waals surface area contributed by atoms with E-state index in [9.17, 15) is 0 Å². The summed E-state index contributed by atoms with van der Waals surface area (Å²) in [5, 5.41) is 1.04. The van der Waals surface area contributed by atoms with Gasteiger partial charge in [0.1, 0.15) is 11.5 Å². The van der Waals surface area contributed by atoms with E-state index in [-0.39, 0.29) is 0 Å². The van der Waals surface area contributed by atoms with E-state index < -0.39 is 0 Å². The number of hydrogen-bond donors (Lipinski definition) is 0. The third-order valence-corrected chi connectivity index (χ3v) is 3.67. The zero-order chi connectivity index (χ0) is 15.4. The molecule has 0 saturated heterocycles. The fourth-order valence-electron chi connectivity index (χ4n) is 2.45. The summed E-state index contributed by atoms with van der Waals surface area (Å²) in [6, 6.07) is 18.0. The Balaban J connectivity index is 2.00. The lowest BCUT2D eigenvalue weighted by molar-refractivity contribution is 0.487. The number of aromatic nitrogens is 1. The summed E-state index contributed by atoms with van der Waals surface area (Å²) in [7, 11) is 0. The maximum absolute atomic E-state index is 6.10. The molecule has 1 heterocycles. The first kappa shape index (κ1) is 14.6. The monoisotopic (exact) mass is 290 g/mol. The lowest BCUT2D eigenvalue weighted by Gasteiger charge is -2.11. The fourth-order valence-corrected chi connectivity index (χ4v) is 2.45. The van der Waals surface area contributed by atoms with Crippen molar-refractivity contribution >= 4 is 10.9 Å². The van der Waals surface area contributed by atoms with Crippen LogP contribution >= 0.6 is 0 Å². The quantitative estimate of drug-likeness (QED) is 0.614. The van der Waals surface area contributed by atoms with Crippen molar-refractivity contribution in [2.24, 2.45) is 0 Å². The molecule has 2 heteroatoms. The van der Waals surface area contributed by atoms with Gasteiger partial charge in [0.25, 0.3) is 0 Å². The average molecular weight is 290 g/mol. The molecule has 2 aromatic carbocycles. The van der Waals surface area contributed by atoms with Crippen molar-refractivity contribution < 1.29 is 4.74 Å². The molecule has 0 N–H and O–H groups in total. The molecule has 0 spiro atoms. The predicted octanol–water partition coefficient (Wildman–Crippen LogP) is 5.55. The molecular weight excluding hydrogens is 270 g/mol. The van der Waals surface area contributed by atoms with Gasteiger partial charge in [-0.15, -0.1) is 0 Å². The summed E-state index contributed by atoms with van der Waals surface area (Å²) in [4.78, 5) is 4.74. The first-order valence-corrected chi connectivity index (χ1v) is 7.75. The predicted molar refractivity (Wildman–Crippen MR) is 91.3 cm³/mol. The Bertz CT molecular complexity index is 762. The Morgan fingerprint density at radius 1 is 1.05 bits per heavy atom. The van der Waals surface area contributed by atoms with Crippen molar-refractivity contribution in [3.8, 4) is 11.5 Å². The zero-order valence-electron chi connectivity index (χ0n) is 12.9. The Morgan fingerprint density at radius 2 is 1.82 bits per heavy atom. The van der Waals surface area contributed by atoms with Gasteiger partial charge in [-0.1, -0.05) is 37.6 Å². The highest BCUT2D eigenvalue weighted by Crippen LogP contribution is 2.30. The number of nitrogens with zero attached hydrogens (tertiary/aromatic N) is 1. The minimum atomic E-state index is 0.824. The second-order valence-electron chi connectivity index (χ2n) is 5.48. The number of aryl methyl sites for hydroxylation is 1. The van der Waals surface area contributed by atoms with Crippen LogP contribution in [0.5, 0.6) is 11.5 Å². The molecule has 0 saturated carbocycles. The summed E-state index contributed by atoms with van der Waals surface area (Å²) in [5.74, 6) is 1.69. The number of para-hydroxylation sites is 1. The van der Waals surface area contributed by atoms with E-state index in [0.717, 1.165) is 52.9 Å². The van der Waals surface area contributed by atoms with Gasteiger partial charge in [-0.3, -0.25) is 4.98 Å². The second kappa shape index (κ2) is 6.61. The van der Waals surface area contributed by atoms with Crippen molar-refractivity contribution in [2.45, 2.75) is 26.2 Å². The van der Waals surface area contributed by atoms with Gasteiger partial charge in [0, 0.05) is 17.1 Å². The van der Waals surface area contributed by atoms with Crippen LogP contribution in [0.1, 0.15) is 31.0 Å². The van der Waals surface area contributed by atoms with Gasteiger partial charge < -0.3 is 4.74 Å². The van der Waals surface area contributed by atoms with Crippen LogP contribution in [-0.4, -0.2) is 4.98 Å². The number of pyridine rings is 1. The SMILES string of the molecule is [CH2]c1ccc(Oc2cc(CCCC)nc3ccccc23)cc1. The molecule has 0 aliphatic carbocycles. The van der Waals surface area contributed by atoms with E-state index in [1.165, 1.54) is 0 Å². The van der Waals surface area contributed by atoms with Crippen LogP contribution in [0.3, 0.4) is 0 Å². The number of unbranched alkanes of at least 4 members (excludes halogenated alkanes) is 1. The standard InChI is InChI=1S/C20H20NO/c1-3-4-7-16-14-20(18-8-5-6-9-19(18)21-16)22-17-12-10-15(2)11-13-17/h5-6,8-14H,2-4,7H2,1H3. The van der Waals surface area contributed by atoms with Crippen LogP contribution in [0.4, 0.5) is 0 Å². The smallest absolute Gasteiger partial charge is 0.138 e. The van der Waals surface area contributed by atoms with Crippen LogP contribution in [-0.2, 0) is 6.42 Å². The molecule has 3 aromatic rings. The van der Waals surface area contributed by atoms with Crippen LogP contribution in [0.2, 0.25) is 0 Å². The molecule has 0 atom stereocenters. The van der Waals surface area contributed by atoms with Gasteiger partial charge in [-0.2, -0.15) is 0 Å². The molecule has 0 aliphatic heterocycles. The molecule has 0 aliphatic rings. The summed E-state index contributed by atoms with van der Waals surface area (Å²) in [5.41, 5.74) is 3.06. The normalized spacial score (nSPS) is 10.8. The van der Waals surface area contributed by atoms with Crippen LogP contribution < -0.4 is 4.74 Å². The largest absolute Gasteiger partial charge is 0.457 e. The lowest BCUT2D eigenvalue weighted by atomic mass is 10.1. The second-order valence-corrected chi connectivity index (χ2v) is 5.48. The molecule has 0 unspecified atom stereocenters. The van der Waals surface area contributed by atoms with E-state index in [1.54, 1.807) is 0 Å². The van der Waals surface area contributed by atoms with Crippen molar-refractivity contribution in [3.63, 3.8) is 0 Å². The molecule has 0 fully saturated rings. The molecule has 22 heavy (non-hydrogen) atoms. The summed E-state index contributed by atoms with van der Waals surface area (Å²) >= 11 is 0. The summed E-state index contributed by atoms with van der Waals surface area (Å²) in [6.45, 7) is 6.09. The van der Waals surface area contributed by atoms with E-state index in [4.69, 9.17) is 9.72 Å². The molecular formula is C20H20NO. The first-order chi connectivity index (χ1) is 10.8. The molecule has 0 bridgehead atoms. The van der Waals surface area contributed by atoms with Crippen LogP contribution in [0.25, 0.3) is 10.9 Å². The Hall–Kier alpha value is -2.35. The van der Waals surface area contributed by atoms with Gasteiger partial charge in [0.05, 0.1) is 5.52 Å². The molecule has 0 amide bonds. The summed E-state index contributed by atoms with van der Waals surface area (Å²) in [6.07, 6.45) is 3.28. The van der Waals surface area contributed by atoms with Gasteiger partial charge in [-0.25, -0.2) is 0 Å². The van der Waals surface area contributed by atoms with Gasteiger partial charge in [0.15, 0.2) is 0 Å². The number of rotatable bonds is 5. The molecule has 1 aromatic heterocycles. The van der Waals surface area contributed by atoms with E-state index in [1.807, 2.05) is 42.5 Å². The number of fused-ring (bicyclic) bond motifs is 1. The Morgan fingerprint density at radius 3 is 2.59 bits per heavy atom. The molecule has 2 nitrogen and oxygen atoms in total. The lowest BCUT2D eigenvalue weighted by Crippen LogP contribution is -1.94. The Kier molecular flexibility index (Phi) is 4.38. The minimum absolute atomic E-state index is 0.824. The zero-order valence-corrected chi connectivity index (χ0v) is 12.9. The highest BCUT2D eigenvalue weighted by Gasteiger charge is 2.08. The molecule has 3 rings (SSSR count). The third kappa shape index (κ3) is 3.28. The Labute approximate surface area is 131 Å². The highest BCUT2D eigenvalue weighted by atomic mass is 16.5. The average Bonchev–Trinajstić information content (AvgIpc) is 2.55. The van der Waals surface area contributed by atoms with E-state index in [2.05, 4.69) is 26.0 Å². The van der Waals surface area contributed by atoms with Crippen molar-refractivity contribution in [2.75, 3.05) is 0 Å². The fraction of sp³-hybridized carbons (Fsp3) is 0.200. The highest BCUT2D eigenvalue weighted by molar-refractivity contribution is 5.85. The van der Waals surface area contributed by atoms with Gasteiger partial charge >= 0.3 is 0 Å². The molecule has 1 radical (unpaired) electrons. The summed E-state index contributed by atoms with van der Waals surface area (Å²) < 4.78 is 6.10. The number of ether oxygens (including phenoxy) is 1.